The summed E-state index contributed by atoms with van der Waals surface area (Å²) in [7, 11) is 1.63. The lowest BCUT2D eigenvalue weighted by Crippen LogP contribution is -2.49. The van der Waals surface area contributed by atoms with Crippen molar-refractivity contribution >= 4 is 6.03 Å². The molecule has 2 aliphatic heterocycles. The van der Waals surface area contributed by atoms with Gasteiger partial charge in [0.1, 0.15) is 6.61 Å². The molecule has 0 spiro atoms. The van der Waals surface area contributed by atoms with Crippen molar-refractivity contribution in [2.75, 3.05) is 33.4 Å². The summed E-state index contributed by atoms with van der Waals surface area (Å²) in [6.07, 6.45) is 6.52. The lowest BCUT2D eigenvalue weighted by molar-refractivity contribution is 0.143. The second-order valence-corrected chi connectivity index (χ2v) is 6.67. The van der Waals surface area contributed by atoms with Crippen molar-refractivity contribution in [2.24, 2.45) is 0 Å². The number of pyridine rings is 1. The molecule has 25 heavy (non-hydrogen) atoms. The molecule has 2 fully saturated rings. The third kappa shape index (κ3) is 5.06. The summed E-state index contributed by atoms with van der Waals surface area (Å²) in [4.78, 5) is 18.9. The summed E-state index contributed by atoms with van der Waals surface area (Å²) in [6, 6.07) is 4.41. The van der Waals surface area contributed by atoms with Gasteiger partial charge in [-0.05, 0) is 31.4 Å². The molecule has 2 atom stereocenters. The Balaban J connectivity index is 1.40. The monoisotopic (exact) mass is 348 g/mol. The number of rotatable bonds is 7. The first kappa shape index (κ1) is 17.9. The van der Waals surface area contributed by atoms with Crippen molar-refractivity contribution < 1.29 is 14.3 Å². The number of carbonyl (C=O) groups excluding carboxylic acids is 1. The number of ether oxygens (including phenoxy) is 2. The number of amides is 2. The molecule has 2 amide bonds. The Kier molecular flexibility index (Phi) is 6.47. The van der Waals surface area contributed by atoms with Crippen molar-refractivity contribution in [3.05, 3.63) is 23.9 Å². The third-order valence-corrected chi connectivity index (χ3v) is 4.96. The number of carbonyl (C=O) groups is 1. The maximum Gasteiger partial charge on any atom is 0.315 e. The minimum atomic E-state index is -0.0992. The predicted octanol–water partition coefficient (Wildman–Crippen LogP) is 1.53. The molecule has 7 heteroatoms. The molecule has 1 aromatic heterocycles. The van der Waals surface area contributed by atoms with Crippen LogP contribution in [0.4, 0.5) is 4.79 Å². The summed E-state index contributed by atoms with van der Waals surface area (Å²) >= 11 is 0. The first-order chi connectivity index (χ1) is 12.3. The second-order valence-electron chi connectivity index (χ2n) is 6.67. The van der Waals surface area contributed by atoms with Crippen LogP contribution in [0.15, 0.2) is 18.3 Å². The average molecular weight is 348 g/mol. The topological polar surface area (TPSA) is 75.7 Å². The van der Waals surface area contributed by atoms with Gasteiger partial charge in [0.2, 0.25) is 5.88 Å². The van der Waals surface area contributed by atoms with Crippen LogP contribution in [0.3, 0.4) is 0 Å². The molecule has 1 aromatic rings. The fraction of sp³-hybridized carbons (Fsp3) is 0.667. The maximum absolute atomic E-state index is 12.2. The summed E-state index contributed by atoms with van der Waals surface area (Å²) in [5.74, 6) is 0.564. The van der Waals surface area contributed by atoms with Crippen molar-refractivity contribution in [2.45, 2.75) is 44.3 Å². The van der Waals surface area contributed by atoms with Crippen LogP contribution in [0.25, 0.3) is 0 Å². The van der Waals surface area contributed by atoms with E-state index in [0.717, 1.165) is 18.5 Å². The lowest BCUT2D eigenvalue weighted by Gasteiger charge is -2.32. The van der Waals surface area contributed by atoms with E-state index in [0.29, 0.717) is 31.7 Å². The molecular formula is C18H28N4O3. The van der Waals surface area contributed by atoms with Crippen LogP contribution < -0.4 is 15.4 Å². The number of fused-ring (bicyclic) bond motifs is 1. The highest BCUT2D eigenvalue weighted by Gasteiger charge is 2.36. The molecule has 0 aromatic carbocycles. The van der Waals surface area contributed by atoms with Gasteiger partial charge in [0, 0.05) is 44.5 Å². The highest BCUT2D eigenvalue weighted by atomic mass is 16.5. The van der Waals surface area contributed by atoms with E-state index in [1.165, 1.54) is 25.8 Å². The van der Waals surface area contributed by atoms with Crippen LogP contribution in [0.1, 0.15) is 31.2 Å². The van der Waals surface area contributed by atoms with Crippen molar-refractivity contribution in [1.29, 1.82) is 0 Å². The number of aromatic nitrogens is 1. The fourth-order valence-electron chi connectivity index (χ4n) is 3.65. The molecule has 2 N–H and O–H groups in total. The van der Waals surface area contributed by atoms with E-state index < -0.39 is 0 Å². The van der Waals surface area contributed by atoms with Gasteiger partial charge in [-0.25, -0.2) is 9.78 Å². The number of urea groups is 1. The third-order valence-electron chi connectivity index (χ3n) is 4.96. The molecule has 3 heterocycles. The van der Waals surface area contributed by atoms with Gasteiger partial charge < -0.3 is 20.1 Å². The maximum atomic E-state index is 12.2. The Labute approximate surface area is 149 Å². The SMILES string of the molecule is COCCOc1ccc(CNC(=O)N[C@@H]2CCN3CCCC[C@@H]23)cn1. The first-order valence-electron chi connectivity index (χ1n) is 9.11. The average Bonchev–Trinajstić information content (AvgIpc) is 3.04. The normalized spacial score (nSPS) is 23.1. The minimum absolute atomic E-state index is 0.0992. The molecule has 138 valence electrons. The number of piperidine rings is 1. The van der Waals surface area contributed by atoms with Crippen LogP contribution >= 0.6 is 0 Å². The largest absolute Gasteiger partial charge is 0.475 e. The minimum Gasteiger partial charge on any atom is -0.475 e. The molecule has 3 rings (SSSR count). The van der Waals surface area contributed by atoms with E-state index in [-0.39, 0.29) is 12.1 Å². The van der Waals surface area contributed by atoms with Crippen molar-refractivity contribution in [3.63, 3.8) is 0 Å². The summed E-state index contributed by atoms with van der Waals surface area (Å²) in [5, 5.41) is 6.07. The van der Waals surface area contributed by atoms with Gasteiger partial charge in [-0.15, -0.1) is 0 Å². The molecule has 0 bridgehead atoms. The fourth-order valence-corrected chi connectivity index (χ4v) is 3.65. The Morgan fingerprint density at radius 2 is 2.20 bits per heavy atom. The zero-order valence-corrected chi connectivity index (χ0v) is 14.9. The smallest absolute Gasteiger partial charge is 0.315 e. The summed E-state index contributed by atoms with van der Waals surface area (Å²) in [5.41, 5.74) is 0.944. The molecule has 0 radical (unpaired) electrons. The first-order valence-corrected chi connectivity index (χ1v) is 9.11. The van der Waals surface area contributed by atoms with Gasteiger partial charge in [-0.3, -0.25) is 4.90 Å². The Morgan fingerprint density at radius 3 is 3.00 bits per heavy atom. The zero-order chi connectivity index (χ0) is 17.5. The van der Waals surface area contributed by atoms with E-state index in [2.05, 4.69) is 20.5 Å². The number of methoxy groups -OCH3 is 1. The number of nitrogens with one attached hydrogen (secondary N) is 2. The van der Waals surface area contributed by atoms with Crippen molar-refractivity contribution in [3.8, 4) is 5.88 Å². The molecule has 2 aliphatic rings. The quantitative estimate of drug-likeness (QED) is 0.731. The molecule has 2 saturated heterocycles. The highest BCUT2D eigenvalue weighted by molar-refractivity contribution is 5.74. The number of nitrogens with zero attached hydrogens (tertiary/aromatic N) is 2. The molecule has 7 nitrogen and oxygen atoms in total. The Bertz CT molecular complexity index is 552. The lowest BCUT2D eigenvalue weighted by atomic mass is 9.99. The number of hydrogen-bond acceptors (Lipinski definition) is 5. The van der Waals surface area contributed by atoms with Gasteiger partial charge in [0.05, 0.1) is 6.61 Å². The molecule has 0 aliphatic carbocycles. The molecular weight excluding hydrogens is 320 g/mol. The van der Waals surface area contributed by atoms with Crippen molar-refractivity contribution in [1.82, 2.24) is 20.5 Å². The zero-order valence-electron chi connectivity index (χ0n) is 14.9. The van der Waals surface area contributed by atoms with E-state index in [4.69, 9.17) is 9.47 Å². The number of hydrogen-bond donors (Lipinski definition) is 2. The van der Waals surface area contributed by atoms with Gasteiger partial charge in [-0.2, -0.15) is 0 Å². The van der Waals surface area contributed by atoms with E-state index in [1.54, 1.807) is 19.4 Å². The van der Waals surface area contributed by atoms with Gasteiger partial charge in [0.15, 0.2) is 0 Å². The molecule has 0 unspecified atom stereocenters. The van der Waals surface area contributed by atoms with E-state index in [1.807, 2.05) is 6.07 Å². The van der Waals surface area contributed by atoms with Crippen LogP contribution in [0.2, 0.25) is 0 Å². The standard InChI is InChI=1S/C18H28N4O3/c1-24-10-11-25-17-6-5-14(12-19-17)13-20-18(23)21-15-7-9-22-8-3-2-4-16(15)22/h5-6,12,15-16H,2-4,7-11,13H2,1H3,(H2,20,21,23)/t15-,16+/m1/s1. The van der Waals surface area contributed by atoms with Crippen LogP contribution in [0, 0.1) is 0 Å². The van der Waals surface area contributed by atoms with Crippen LogP contribution in [-0.4, -0.2) is 61.4 Å². The predicted molar refractivity (Wildman–Crippen MR) is 94.6 cm³/mol. The van der Waals surface area contributed by atoms with E-state index in [9.17, 15) is 4.79 Å². The molecule has 0 saturated carbocycles. The summed E-state index contributed by atoms with van der Waals surface area (Å²) in [6.45, 7) is 3.74. The van der Waals surface area contributed by atoms with E-state index >= 15 is 0 Å². The van der Waals surface area contributed by atoms with Gasteiger partial charge >= 0.3 is 6.03 Å². The Hall–Kier alpha value is -1.86. The van der Waals surface area contributed by atoms with Crippen LogP contribution in [-0.2, 0) is 11.3 Å². The van der Waals surface area contributed by atoms with Gasteiger partial charge in [-0.1, -0.05) is 12.5 Å². The summed E-state index contributed by atoms with van der Waals surface area (Å²) < 4.78 is 10.4. The Morgan fingerprint density at radius 1 is 1.28 bits per heavy atom. The van der Waals surface area contributed by atoms with Crippen LogP contribution in [0.5, 0.6) is 5.88 Å². The second kappa shape index (κ2) is 9.01. The van der Waals surface area contributed by atoms with Gasteiger partial charge in [0.25, 0.3) is 0 Å². The highest BCUT2D eigenvalue weighted by Crippen LogP contribution is 2.26.